The third kappa shape index (κ3) is 5.48. The van der Waals surface area contributed by atoms with Crippen LogP contribution in [0.1, 0.15) is 35.9 Å². The molecule has 0 bridgehead atoms. The molecule has 0 saturated carbocycles. The van der Waals surface area contributed by atoms with E-state index in [9.17, 15) is 4.79 Å². The van der Waals surface area contributed by atoms with Crippen LogP contribution >= 0.6 is 0 Å². The molecule has 2 aliphatic rings. The summed E-state index contributed by atoms with van der Waals surface area (Å²) >= 11 is 0. The molecule has 2 saturated heterocycles. The number of ether oxygens (including phenoxy) is 1. The van der Waals surface area contributed by atoms with Gasteiger partial charge in [0.1, 0.15) is 0 Å². The molecule has 2 fully saturated rings. The predicted molar refractivity (Wildman–Crippen MR) is 109 cm³/mol. The Kier molecular flexibility index (Phi) is 7.73. The third-order valence-corrected chi connectivity index (χ3v) is 5.31. The molecule has 0 aliphatic carbocycles. The molecule has 156 valence electrons. The van der Waals surface area contributed by atoms with Crippen molar-refractivity contribution in [1.82, 2.24) is 20.4 Å². The quantitative estimate of drug-likeness (QED) is 0.411. The van der Waals surface area contributed by atoms with Crippen LogP contribution in [0.2, 0.25) is 0 Å². The summed E-state index contributed by atoms with van der Waals surface area (Å²) in [7, 11) is 0. The number of carbonyl (C=O) groups excluding carboxylic acids is 1. The minimum Gasteiger partial charge on any atom is -0.459 e. The lowest BCUT2D eigenvalue weighted by atomic mass is 10.2. The lowest BCUT2D eigenvalue weighted by molar-refractivity contribution is 0.0195. The summed E-state index contributed by atoms with van der Waals surface area (Å²) in [5.74, 6) is 1.21. The third-order valence-electron chi connectivity index (χ3n) is 5.31. The minimum atomic E-state index is -0.161. The van der Waals surface area contributed by atoms with Crippen molar-refractivity contribution in [2.45, 2.75) is 32.7 Å². The van der Waals surface area contributed by atoms with Gasteiger partial charge < -0.3 is 24.7 Å². The van der Waals surface area contributed by atoms with Crippen LogP contribution in [-0.4, -0.2) is 86.7 Å². The zero-order chi connectivity index (χ0) is 19.8. The lowest BCUT2D eigenvalue weighted by Gasteiger charge is -2.32. The Bertz CT molecular complexity index is 654. The first-order chi connectivity index (χ1) is 13.7. The number of aryl methyl sites for hydroxylation is 1. The van der Waals surface area contributed by atoms with Gasteiger partial charge in [0.25, 0.3) is 5.91 Å². The van der Waals surface area contributed by atoms with E-state index in [0.717, 1.165) is 63.9 Å². The summed E-state index contributed by atoms with van der Waals surface area (Å²) in [6.07, 6.45) is 3.50. The van der Waals surface area contributed by atoms with Crippen LogP contribution in [0.15, 0.2) is 21.7 Å². The monoisotopic (exact) mass is 391 g/mol. The molecule has 0 aromatic carbocycles. The molecule has 3 rings (SSSR count). The Morgan fingerprint density at radius 2 is 2.11 bits per heavy atom. The molecule has 1 atom stereocenters. The Balaban J connectivity index is 1.42. The van der Waals surface area contributed by atoms with Gasteiger partial charge in [-0.25, -0.2) is 0 Å². The fourth-order valence-corrected chi connectivity index (χ4v) is 3.75. The molecule has 1 aromatic rings. The van der Waals surface area contributed by atoms with Crippen molar-refractivity contribution in [1.29, 1.82) is 0 Å². The second-order valence-corrected chi connectivity index (χ2v) is 7.31. The molecular weight excluding hydrogens is 358 g/mol. The largest absolute Gasteiger partial charge is 0.459 e. The number of hydrogen-bond donors (Lipinski definition) is 2. The number of nitrogens with zero attached hydrogens (tertiary/aromatic N) is 3. The van der Waals surface area contributed by atoms with Gasteiger partial charge in [0.05, 0.1) is 19.5 Å². The van der Waals surface area contributed by atoms with Crippen LogP contribution in [0.25, 0.3) is 0 Å². The van der Waals surface area contributed by atoms with Crippen LogP contribution in [0.3, 0.4) is 0 Å². The van der Waals surface area contributed by atoms with Gasteiger partial charge in [0, 0.05) is 57.4 Å². The van der Waals surface area contributed by atoms with Gasteiger partial charge in [-0.15, -0.1) is 0 Å². The van der Waals surface area contributed by atoms with Gasteiger partial charge >= 0.3 is 0 Å². The van der Waals surface area contributed by atoms with Crippen LogP contribution in [0.4, 0.5) is 0 Å². The van der Waals surface area contributed by atoms with Crippen LogP contribution in [0, 0.1) is 6.92 Å². The van der Waals surface area contributed by atoms with Crippen molar-refractivity contribution in [2.24, 2.45) is 4.99 Å². The molecule has 1 aromatic heterocycles. The highest BCUT2D eigenvalue weighted by Crippen LogP contribution is 2.17. The summed E-state index contributed by atoms with van der Waals surface area (Å²) in [6, 6.07) is 2.38. The molecule has 2 N–H and O–H groups in total. The number of carbonyl (C=O) groups is 1. The van der Waals surface area contributed by atoms with Gasteiger partial charge in [0.15, 0.2) is 11.7 Å². The second-order valence-electron chi connectivity index (χ2n) is 7.31. The van der Waals surface area contributed by atoms with E-state index in [1.807, 2.05) is 6.92 Å². The fourth-order valence-electron chi connectivity index (χ4n) is 3.75. The summed E-state index contributed by atoms with van der Waals surface area (Å²) < 4.78 is 10.7. The molecule has 0 radical (unpaired) electrons. The first kappa shape index (κ1) is 20.7. The number of likely N-dealkylation sites (tertiary alicyclic amines) is 1. The van der Waals surface area contributed by atoms with Crippen molar-refractivity contribution in [3.8, 4) is 0 Å². The van der Waals surface area contributed by atoms with E-state index < -0.39 is 0 Å². The predicted octanol–water partition coefficient (Wildman–Crippen LogP) is 1.08. The Morgan fingerprint density at radius 3 is 2.82 bits per heavy atom. The molecule has 1 unspecified atom stereocenters. The summed E-state index contributed by atoms with van der Waals surface area (Å²) in [4.78, 5) is 21.7. The Morgan fingerprint density at radius 1 is 1.29 bits per heavy atom. The SMILES string of the molecule is CCNC(=NCCCNC(=O)c1occc1C)N1CCC(N2CCOCC2)C1. The van der Waals surface area contributed by atoms with E-state index in [2.05, 4.69) is 27.4 Å². The number of hydrogen-bond acceptors (Lipinski definition) is 5. The highest BCUT2D eigenvalue weighted by atomic mass is 16.5. The molecule has 0 spiro atoms. The molecule has 28 heavy (non-hydrogen) atoms. The number of rotatable bonds is 7. The van der Waals surface area contributed by atoms with Crippen LogP contribution < -0.4 is 10.6 Å². The zero-order valence-corrected chi connectivity index (χ0v) is 17.1. The van der Waals surface area contributed by atoms with Crippen molar-refractivity contribution in [3.05, 3.63) is 23.7 Å². The van der Waals surface area contributed by atoms with E-state index in [-0.39, 0.29) is 5.91 Å². The summed E-state index contributed by atoms with van der Waals surface area (Å²) in [5, 5.41) is 6.30. The molecular formula is C20H33N5O3. The molecule has 8 heteroatoms. The average molecular weight is 392 g/mol. The van der Waals surface area contributed by atoms with Crippen molar-refractivity contribution in [3.63, 3.8) is 0 Å². The van der Waals surface area contributed by atoms with E-state index in [1.165, 1.54) is 12.7 Å². The average Bonchev–Trinajstić information content (AvgIpc) is 3.37. The first-order valence-electron chi connectivity index (χ1n) is 10.4. The van der Waals surface area contributed by atoms with Gasteiger partial charge in [-0.05, 0) is 32.8 Å². The summed E-state index contributed by atoms with van der Waals surface area (Å²) in [5.41, 5.74) is 0.855. The number of aliphatic imine (C=N–C) groups is 1. The zero-order valence-electron chi connectivity index (χ0n) is 17.1. The summed E-state index contributed by atoms with van der Waals surface area (Å²) in [6.45, 7) is 11.9. The smallest absolute Gasteiger partial charge is 0.287 e. The van der Waals surface area contributed by atoms with Crippen molar-refractivity contribution in [2.75, 3.05) is 59.0 Å². The molecule has 2 aliphatic heterocycles. The van der Waals surface area contributed by atoms with Gasteiger partial charge in [0.2, 0.25) is 0 Å². The number of nitrogens with one attached hydrogen (secondary N) is 2. The van der Waals surface area contributed by atoms with Crippen LogP contribution in [0.5, 0.6) is 0 Å². The normalized spacial score (nSPS) is 21.1. The van der Waals surface area contributed by atoms with Crippen LogP contribution in [-0.2, 0) is 4.74 Å². The van der Waals surface area contributed by atoms with Gasteiger partial charge in [-0.3, -0.25) is 14.7 Å². The fraction of sp³-hybridized carbons (Fsp3) is 0.700. The standard InChI is InChI=1S/C20H33N5O3/c1-3-21-20(25-9-5-17(15-25)24-10-13-27-14-11-24)23-8-4-7-22-19(26)18-16(2)6-12-28-18/h6,12,17H,3-5,7-11,13-15H2,1-2H3,(H,21,23)(H,22,26). The molecule has 1 amide bonds. The number of furan rings is 1. The minimum absolute atomic E-state index is 0.161. The van der Waals surface area contributed by atoms with E-state index in [0.29, 0.717) is 24.9 Å². The highest BCUT2D eigenvalue weighted by molar-refractivity contribution is 5.92. The van der Waals surface area contributed by atoms with Gasteiger partial charge in [-0.2, -0.15) is 0 Å². The van der Waals surface area contributed by atoms with E-state index in [1.54, 1.807) is 6.07 Å². The molecule has 3 heterocycles. The molecule has 8 nitrogen and oxygen atoms in total. The number of amides is 1. The van der Waals surface area contributed by atoms with Crippen molar-refractivity contribution < 1.29 is 13.9 Å². The topological polar surface area (TPSA) is 82.3 Å². The maximum absolute atomic E-state index is 12.0. The van der Waals surface area contributed by atoms with Crippen molar-refractivity contribution >= 4 is 11.9 Å². The Labute approximate surface area is 167 Å². The maximum atomic E-state index is 12.0. The van der Waals surface area contributed by atoms with E-state index >= 15 is 0 Å². The van der Waals surface area contributed by atoms with E-state index in [4.69, 9.17) is 14.1 Å². The number of morpholine rings is 1. The highest BCUT2D eigenvalue weighted by Gasteiger charge is 2.30. The number of guanidine groups is 1. The second kappa shape index (κ2) is 10.5. The maximum Gasteiger partial charge on any atom is 0.287 e. The first-order valence-corrected chi connectivity index (χ1v) is 10.4. The lowest BCUT2D eigenvalue weighted by Crippen LogP contribution is -2.46. The van der Waals surface area contributed by atoms with Gasteiger partial charge in [-0.1, -0.05) is 0 Å². The Hall–Kier alpha value is -2.06.